The third kappa shape index (κ3) is 3.45. The van der Waals surface area contributed by atoms with Crippen molar-refractivity contribution >= 4 is 11.9 Å². The number of aromatic carboxylic acids is 1. The highest BCUT2D eigenvalue weighted by molar-refractivity contribution is 5.94. The number of benzene rings is 1. The van der Waals surface area contributed by atoms with Gasteiger partial charge in [-0.2, -0.15) is 0 Å². The van der Waals surface area contributed by atoms with Crippen molar-refractivity contribution in [3.63, 3.8) is 0 Å². The maximum Gasteiger partial charge on any atom is 0.337 e. The number of pyridine rings is 1. The number of rotatable bonds is 3. The Morgan fingerprint density at radius 1 is 1.32 bits per heavy atom. The second kappa shape index (κ2) is 6.88. The van der Waals surface area contributed by atoms with Gasteiger partial charge in [0.2, 0.25) is 0 Å². The lowest BCUT2D eigenvalue weighted by molar-refractivity contribution is 0.0694. The van der Waals surface area contributed by atoms with E-state index < -0.39 is 23.7 Å². The molecular weight excluding hydrogens is 327 g/mol. The minimum Gasteiger partial charge on any atom is -0.490 e. The van der Waals surface area contributed by atoms with Gasteiger partial charge in [-0.3, -0.25) is 4.79 Å². The van der Waals surface area contributed by atoms with Crippen LogP contribution in [0.4, 0.5) is 4.39 Å². The number of aryl methyl sites for hydroxylation is 1. The average molecular weight is 344 g/mol. The molecule has 2 aromatic rings. The Labute approximate surface area is 143 Å². The van der Waals surface area contributed by atoms with Crippen LogP contribution in [0, 0.1) is 12.7 Å². The fraction of sp³-hybridized carbons (Fsp3) is 0.278. The predicted molar refractivity (Wildman–Crippen MR) is 87.3 cm³/mol. The number of aromatic nitrogens is 1. The van der Waals surface area contributed by atoms with Crippen LogP contribution in [0.15, 0.2) is 30.3 Å². The van der Waals surface area contributed by atoms with E-state index in [1.54, 1.807) is 12.1 Å². The van der Waals surface area contributed by atoms with Crippen LogP contribution < -0.4 is 10.1 Å². The maximum absolute atomic E-state index is 14.0. The van der Waals surface area contributed by atoms with Crippen molar-refractivity contribution in [2.24, 2.45) is 0 Å². The molecule has 3 rings (SSSR count). The number of amides is 1. The number of fused-ring (bicyclic) bond motifs is 1. The smallest absolute Gasteiger partial charge is 0.337 e. The van der Waals surface area contributed by atoms with Gasteiger partial charge < -0.3 is 15.2 Å². The first kappa shape index (κ1) is 16.9. The summed E-state index contributed by atoms with van der Waals surface area (Å²) in [6.07, 6.45) is 1.28. The monoisotopic (exact) mass is 344 g/mol. The highest BCUT2D eigenvalue weighted by Gasteiger charge is 2.24. The summed E-state index contributed by atoms with van der Waals surface area (Å²) in [5, 5.41) is 11.9. The van der Waals surface area contributed by atoms with Crippen LogP contribution in [0.5, 0.6) is 5.75 Å². The molecule has 0 fully saturated rings. The molecule has 1 aromatic heterocycles. The molecule has 0 bridgehead atoms. The quantitative estimate of drug-likeness (QED) is 0.894. The van der Waals surface area contributed by atoms with Gasteiger partial charge in [0.05, 0.1) is 23.9 Å². The molecule has 1 unspecified atom stereocenters. The van der Waals surface area contributed by atoms with E-state index in [1.165, 1.54) is 25.1 Å². The number of nitrogens with zero attached hydrogens (tertiary/aromatic N) is 1. The molecule has 1 aliphatic rings. The largest absolute Gasteiger partial charge is 0.490 e. The van der Waals surface area contributed by atoms with Crippen LogP contribution >= 0.6 is 0 Å². The third-order valence-electron chi connectivity index (χ3n) is 4.11. The number of nitrogens with one attached hydrogen (secondary N) is 1. The summed E-state index contributed by atoms with van der Waals surface area (Å²) in [6.45, 7) is 1.91. The van der Waals surface area contributed by atoms with Crippen LogP contribution in [-0.4, -0.2) is 28.6 Å². The molecule has 1 atom stereocenters. The Kier molecular flexibility index (Phi) is 4.65. The molecule has 6 nitrogen and oxygen atoms in total. The van der Waals surface area contributed by atoms with E-state index >= 15 is 0 Å². The zero-order chi connectivity index (χ0) is 18.0. The number of para-hydroxylation sites is 1. The summed E-state index contributed by atoms with van der Waals surface area (Å²) < 4.78 is 19.4. The molecule has 1 aliphatic heterocycles. The van der Waals surface area contributed by atoms with E-state index in [-0.39, 0.29) is 22.7 Å². The maximum atomic E-state index is 14.0. The normalized spacial score (nSPS) is 16.3. The minimum atomic E-state index is -1.10. The van der Waals surface area contributed by atoms with Gasteiger partial charge in [0.1, 0.15) is 5.69 Å². The predicted octanol–water partition coefficient (Wildman–Crippen LogP) is 2.87. The van der Waals surface area contributed by atoms with Gasteiger partial charge in [-0.1, -0.05) is 12.1 Å². The molecule has 2 N–H and O–H groups in total. The standard InChI is InChI=1S/C18H17FN2O4/c1-10-11(18(23)24)7-8-15(20-10)17(22)21-14-6-3-9-25-16-12(14)4-2-5-13(16)19/h2,4-5,7-8,14H,3,6,9H2,1H3,(H,21,22)(H,23,24). The van der Waals surface area contributed by atoms with Crippen molar-refractivity contribution in [2.45, 2.75) is 25.8 Å². The van der Waals surface area contributed by atoms with Crippen LogP contribution in [-0.2, 0) is 0 Å². The number of carbonyl (C=O) groups excluding carboxylic acids is 1. The number of carboxylic acids is 1. The zero-order valence-electron chi connectivity index (χ0n) is 13.6. The molecule has 1 amide bonds. The summed E-state index contributed by atoms with van der Waals surface area (Å²) in [4.78, 5) is 27.6. The molecule has 130 valence electrons. The lowest BCUT2D eigenvalue weighted by Crippen LogP contribution is -2.29. The van der Waals surface area contributed by atoms with Crippen molar-refractivity contribution < 1.29 is 23.8 Å². The van der Waals surface area contributed by atoms with E-state index in [1.807, 2.05) is 0 Å². The summed E-state index contributed by atoms with van der Waals surface area (Å²) in [6, 6.07) is 6.93. The molecule has 7 heteroatoms. The van der Waals surface area contributed by atoms with Gasteiger partial charge in [0.15, 0.2) is 11.6 Å². The number of halogens is 1. The Balaban J connectivity index is 1.85. The molecule has 2 heterocycles. The number of hydrogen-bond acceptors (Lipinski definition) is 4. The van der Waals surface area contributed by atoms with Gasteiger partial charge in [-0.15, -0.1) is 0 Å². The summed E-state index contributed by atoms with van der Waals surface area (Å²) >= 11 is 0. The first-order chi connectivity index (χ1) is 12.0. The highest BCUT2D eigenvalue weighted by Crippen LogP contribution is 2.33. The van der Waals surface area contributed by atoms with Crippen molar-refractivity contribution in [1.29, 1.82) is 0 Å². The topological polar surface area (TPSA) is 88.5 Å². The first-order valence-corrected chi connectivity index (χ1v) is 7.90. The van der Waals surface area contributed by atoms with Crippen molar-refractivity contribution in [2.75, 3.05) is 6.61 Å². The average Bonchev–Trinajstić information content (AvgIpc) is 2.78. The minimum absolute atomic E-state index is 0.0480. The van der Waals surface area contributed by atoms with Crippen LogP contribution in [0.3, 0.4) is 0 Å². The number of carbonyl (C=O) groups is 2. The molecule has 0 saturated carbocycles. The van der Waals surface area contributed by atoms with Gasteiger partial charge in [0.25, 0.3) is 5.91 Å². The molecule has 25 heavy (non-hydrogen) atoms. The molecular formula is C18H17FN2O4. The van der Waals surface area contributed by atoms with E-state index in [0.717, 1.165) is 0 Å². The van der Waals surface area contributed by atoms with Crippen LogP contribution in [0.1, 0.15) is 51.0 Å². The third-order valence-corrected chi connectivity index (χ3v) is 4.11. The van der Waals surface area contributed by atoms with Gasteiger partial charge in [-0.05, 0) is 38.0 Å². The fourth-order valence-electron chi connectivity index (χ4n) is 2.87. The number of carboxylic acid groups (broad SMARTS) is 1. The SMILES string of the molecule is Cc1nc(C(=O)NC2CCCOc3c(F)cccc32)ccc1C(=O)O. The van der Waals surface area contributed by atoms with Crippen LogP contribution in [0.25, 0.3) is 0 Å². The van der Waals surface area contributed by atoms with Crippen molar-refractivity contribution in [1.82, 2.24) is 10.3 Å². The lowest BCUT2D eigenvalue weighted by atomic mass is 10.0. The highest BCUT2D eigenvalue weighted by atomic mass is 19.1. The van der Waals surface area contributed by atoms with Gasteiger partial charge in [-0.25, -0.2) is 14.2 Å². The Bertz CT molecular complexity index is 838. The van der Waals surface area contributed by atoms with E-state index in [2.05, 4.69) is 10.3 Å². The van der Waals surface area contributed by atoms with E-state index in [4.69, 9.17) is 9.84 Å². The molecule has 0 radical (unpaired) electrons. The summed E-state index contributed by atoms with van der Waals surface area (Å²) in [5.41, 5.74) is 1.01. The molecule has 0 saturated heterocycles. The lowest BCUT2D eigenvalue weighted by Gasteiger charge is -2.18. The zero-order valence-corrected chi connectivity index (χ0v) is 13.6. The van der Waals surface area contributed by atoms with Crippen molar-refractivity contribution in [3.8, 4) is 5.75 Å². The number of ether oxygens (including phenoxy) is 1. The Hall–Kier alpha value is -2.96. The van der Waals surface area contributed by atoms with E-state index in [9.17, 15) is 14.0 Å². The second-order valence-electron chi connectivity index (χ2n) is 5.81. The summed E-state index contributed by atoms with van der Waals surface area (Å²) in [5.74, 6) is -1.83. The number of hydrogen-bond donors (Lipinski definition) is 2. The van der Waals surface area contributed by atoms with Gasteiger partial charge >= 0.3 is 5.97 Å². The Morgan fingerprint density at radius 3 is 2.84 bits per heavy atom. The Morgan fingerprint density at radius 2 is 2.12 bits per heavy atom. The van der Waals surface area contributed by atoms with Gasteiger partial charge in [0, 0.05) is 5.56 Å². The second-order valence-corrected chi connectivity index (χ2v) is 5.81. The fourth-order valence-corrected chi connectivity index (χ4v) is 2.87. The molecule has 0 spiro atoms. The molecule has 0 aliphatic carbocycles. The summed E-state index contributed by atoms with van der Waals surface area (Å²) in [7, 11) is 0. The first-order valence-electron chi connectivity index (χ1n) is 7.90. The van der Waals surface area contributed by atoms with E-state index in [0.29, 0.717) is 25.0 Å². The van der Waals surface area contributed by atoms with Crippen LogP contribution in [0.2, 0.25) is 0 Å². The van der Waals surface area contributed by atoms with Crippen molar-refractivity contribution in [3.05, 3.63) is 58.7 Å². The molecule has 1 aromatic carbocycles.